The number of terminal acetylenes is 1. The molecule has 0 bridgehead atoms. The number of aromatic nitrogens is 2. The van der Waals surface area contributed by atoms with Crippen molar-refractivity contribution in [3.05, 3.63) is 12.1 Å². The van der Waals surface area contributed by atoms with Gasteiger partial charge in [0.2, 0.25) is 0 Å². The Morgan fingerprint density at radius 2 is 1.84 bits per heavy atom. The highest BCUT2D eigenvalue weighted by atomic mass is 16.6. The molecular weight excluding hydrogens is 244 g/mol. The largest absolute Gasteiger partial charge is 0.486 e. The van der Waals surface area contributed by atoms with E-state index >= 15 is 0 Å². The molecule has 0 saturated heterocycles. The number of hydrogen-bond acceptors (Lipinski definition) is 6. The van der Waals surface area contributed by atoms with Crippen LogP contribution in [-0.4, -0.2) is 29.7 Å². The van der Waals surface area contributed by atoms with E-state index in [-0.39, 0.29) is 0 Å². The molecule has 1 aliphatic rings. The highest BCUT2D eigenvalue weighted by molar-refractivity contribution is 5.83. The first-order valence-corrected chi connectivity index (χ1v) is 5.82. The van der Waals surface area contributed by atoms with Crippen LogP contribution in [0.1, 0.15) is 0 Å². The number of fused-ring (bicyclic) bond motifs is 2. The van der Waals surface area contributed by atoms with Gasteiger partial charge in [-0.1, -0.05) is 5.92 Å². The van der Waals surface area contributed by atoms with E-state index in [4.69, 9.17) is 21.6 Å². The number of ether oxygens (including phenoxy) is 2. The second kappa shape index (κ2) is 4.53. The van der Waals surface area contributed by atoms with E-state index in [0.717, 1.165) is 0 Å². The van der Waals surface area contributed by atoms with Gasteiger partial charge in [-0.15, -0.1) is 6.42 Å². The predicted octanol–water partition coefficient (Wildman–Crippen LogP) is 1.03. The lowest BCUT2D eigenvalue weighted by atomic mass is 10.2. The lowest BCUT2D eigenvalue weighted by molar-refractivity contribution is 0.172. The molecule has 3 N–H and O–H groups in total. The Hall–Kier alpha value is -2.68. The number of rotatable bonds is 2. The monoisotopic (exact) mass is 256 g/mol. The quantitative estimate of drug-likeness (QED) is 0.781. The number of benzene rings is 1. The summed E-state index contributed by atoms with van der Waals surface area (Å²) in [4.78, 5) is 8.68. The van der Waals surface area contributed by atoms with Crippen LogP contribution in [0, 0.1) is 12.3 Å². The van der Waals surface area contributed by atoms with E-state index in [9.17, 15) is 0 Å². The van der Waals surface area contributed by atoms with Gasteiger partial charge in [0, 0.05) is 12.1 Å². The fraction of sp³-hybridized carbons (Fsp3) is 0.231. The molecule has 3 rings (SSSR count). The van der Waals surface area contributed by atoms with Gasteiger partial charge >= 0.3 is 0 Å². The molecule has 6 nitrogen and oxygen atoms in total. The van der Waals surface area contributed by atoms with Crippen LogP contribution in [0.15, 0.2) is 12.1 Å². The van der Waals surface area contributed by atoms with E-state index in [1.807, 2.05) is 0 Å². The maximum Gasteiger partial charge on any atom is 0.170 e. The van der Waals surface area contributed by atoms with Crippen molar-refractivity contribution in [2.45, 2.75) is 0 Å². The topological polar surface area (TPSA) is 82.3 Å². The van der Waals surface area contributed by atoms with Gasteiger partial charge in [-0.2, -0.15) is 0 Å². The minimum atomic E-state index is 0.305. The minimum Gasteiger partial charge on any atom is -0.486 e. The highest BCUT2D eigenvalue weighted by Crippen LogP contribution is 2.34. The summed E-state index contributed by atoms with van der Waals surface area (Å²) in [5.41, 5.74) is 7.17. The standard InChI is InChI=1S/C13H12N4O2/c1-2-3-15-13-12(14)16-8-6-10-11(7-9(8)17-13)19-5-4-18-10/h1,6-7H,3-5H2,(H2,14,16)(H,15,17). The summed E-state index contributed by atoms with van der Waals surface area (Å²) in [7, 11) is 0. The van der Waals surface area contributed by atoms with Gasteiger partial charge < -0.3 is 20.5 Å². The van der Waals surface area contributed by atoms with E-state index in [2.05, 4.69) is 21.2 Å². The van der Waals surface area contributed by atoms with Gasteiger partial charge in [0.1, 0.15) is 13.2 Å². The first-order valence-electron chi connectivity index (χ1n) is 5.82. The molecule has 19 heavy (non-hydrogen) atoms. The average Bonchev–Trinajstić information content (AvgIpc) is 2.43. The molecule has 0 fully saturated rings. The van der Waals surface area contributed by atoms with Crippen molar-refractivity contribution in [2.24, 2.45) is 0 Å². The molecule has 0 amide bonds. The molecule has 6 heteroatoms. The second-order valence-electron chi connectivity index (χ2n) is 4.00. The number of nitrogens with one attached hydrogen (secondary N) is 1. The second-order valence-corrected chi connectivity index (χ2v) is 4.00. The molecule has 0 spiro atoms. The Kier molecular flexibility index (Phi) is 2.72. The third-order valence-corrected chi connectivity index (χ3v) is 2.71. The van der Waals surface area contributed by atoms with E-state index in [0.29, 0.717) is 53.9 Å². The van der Waals surface area contributed by atoms with Crippen molar-refractivity contribution in [1.82, 2.24) is 9.97 Å². The summed E-state index contributed by atoms with van der Waals surface area (Å²) in [6.45, 7) is 1.40. The van der Waals surface area contributed by atoms with Gasteiger partial charge in [0.25, 0.3) is 0 Å². The van der Waals surface area contributed by atoms with E-state index < -0.39 is 0 Å². The molecule has 0 radical (unpaired) electrons. The first kappa shape index (κ1) is 11.4. The molecule has 0 saturated carbocycles. The summed E-state index contributed by atoms with van der Waals surface area (Å²) in [5, 5.41) is 2.93. The SMILES string of the molecule is C#CCNc1nc2cc3c(cc2nc1N)OCCO3. The van der Waals surface area contributed by atoms with Gasteiger partial charge in [-0.05, 0) is 0 Å². The number of anilines is 2. The van der Waals surface area contributed by atoms with Crippen molar-refractivity contribution in [2.75, 3.05) is 30.8 Å². The molecule has 2 heterocycles. The Labute approximate surface area is 109 Å². The molecule has 1 aromatic carbocycles. The zero-order valence-corrected chi connectivity index (χ0v) is 10.1. The third kappa shape index (κ3) is 2.06. The number of nitrogens with zero attached hydrogens (tertiary/aromatic N) is 2. The lowest BCUT2D eigenvalue weighted by Gasteiger charge is -2.18. The fourth-order valence-corrected chi connectivity index (χ4v) is 1.87. The first-order chi connectivity index (χ1) is 9.28. The van der Waals surface area contributed by atoms with Gasteiger partial charge in [-0.25, -0.2) is 9.97 Å². The fourth-order valence-electron chi connectivity index (χ4n) is 1.87. The van der Waals surface area contributed by atoms with Gasteiger partial charge in [0.15, 0.2) is 23.1 Å². The molecule has 1 aromatic heterocycles. The molecule has 2 aromatic rings. The maximum atomic E-state index is 5.83. The minimum absolute atomic E-state index is 0.305. The summed E-state index contributed by atoms with van der Waals surface area (Å²) < 4.78 is 11.0. The normalized spacial score (nSPS) is 13.0. The van der Waals surface area contributed by atoms with Crippen LogP contribution in [0.25, 0.3) is 11.0 Å². The van der Waals surface area contributed by atoms with Crippen LogP contribution >= 0.6 is 0 Å². The van der Waals surface area contributed by atoms with Gasteiger partial charge in [0.05, 0.1) is 17.6 Å². The summed E-state index contributed by atoms with van der Waals surface area (Å²) >= 11 is 0. The van der Waals surface area contributed by atoms with Crippen LogP contribution in [0.5, 0.6) is 11.5 Å². The summed E-state index contributed by atoms with van der Waals surface area (Å²) in [6.07, 6.45) is 5.19. The number of nitrogen functional groups attached to an aromatic ring is 1. The Bertz CT molecular complexity index is 678. The Morgan fingerprint density at radius 1 is 1.21 bits per heavy atom. The Balaban J connectivity index is 2.09. The zero-order chi connectivity index (χ0) is 13.2. The maximum absolute atomic E-state index is 5.83. The summed E-state index contributed by atoms with van der Waals surface area (Å²) in [5.74, 6) is 4.57. The predicted molar refractivity (Wildman–Crippen MR) is 72.3 cm³/mol. The van der Waals surface area contributed by atoms with E-state index in [1.165, 1.54) is 0 Å². The van der Waals surface area contributed by atoms with Crippen molar-refractivity contribution in [1.29, 1.82) is 0 Å². The van der Waals surface area contributed by atoms with Crippen molar-refractivity contribution in [3.63, 3.8) is 0 Å². The summed E-state index contributed by atoms with van der Waals surface area (Å²) in [6, 6.07) is 3.56. The van der Waals surface area contributed by atoms with Crippen molar-refractivity contribution < 1.29 is 9.47 Å². The van der Waals surface area contributed by atoms with Crippen LogP contribution in [0.3, 0.4) is 0 Å². The number of hydrogen-bond donors (Lipinski definition) is 2. The van der Waals surface area contributed by atoms with Crippen molar-refractivity contribution in [3.8, 4) is 23.8 Å². The van der Waals surface area contributed by atoms with Crippen LogP contribution in [0.4, 0.5) is 11.6 Å². The zero-order valence-electron chi connectivity index (χ0n) is 10.1. The Morgan fingerprint density at radius 3 is 2.47 bits per heavy atom. The molecule has 0 unspecified atom stereocenters. The molecule has 0 atom stereocenters. The van der Waals surface area contributed by atoms with Crippen LogP contribution in [0.2, 0.25) is 0 Å². The van der Waals surface area contributed by atoms with Crippen LogP contribution < -0.4 is 20.5 Å². The van der Waals surface area contributed by atoms with Gasteiger partial charge in [-0.3, -0.25) is 0 Å². The average molecular weight is 256 g/mol. The van der Waals surface area contributed by atoms with Crippen molar-refractivity contribution >= 4 is 22.7 Å². The lowest BCUT2D eigenvalue weighted by Crippen LogP contribution is -2.15. The van der Waals surface area contributed by atoms with Crippen LogP contribution in [-0.2, 0) is 0 Å². The molecule has 0 aliphatic carbocycles. The number of nitrogens with two attached hydrogens (primary N) is 1. The molecular formula is C13H12N4O2. The smallest absolute Gasteiger partial charge is 0.170 e. The molecule has 96 valence electrons. The highest BCUT2D eigenvalue weighted by Gasteiger charge is 2.15. The third-order valence-electron chi connectivity index (χ3n) is 2.71. The van der Waals surface area contributed by atoms with E-state index in [1.54, 1.807) is 12.1 Å². The molecule has 1 aliphatic heterocycles.